The Morgan fingerprint density at radius 1 is 1.21 bits per heavy atom. The van der Waals surface area contributed by atoms with Gasteiger partial charge in [0.2, 0.25) is 11.8 Å². The minimum absolute atomic E-state index is 0.0305. The summed E-state index contributed by atoms with van der Waals surface area (Å²) in [5.74, 6) is -0.0779. The number of nitrogens with zero attached hydrogens (tertiary/aromatic N) is 3. The minimum atomic E-state index is -0.411. The first-order valence-corrected chi connectivity index (χ1v) is 9.87. The lowest BCUT2D eigenvalue weighted by atomic mass is 10.1. The second kappa shape index (κ2) is 7.93. The average Bonchev–Trinajstić information content (AvgIpc) is 3.42. The van der Waals surface area contributed by atoms with Crippen molar-refractivity contribution >= 4 is 22.7 Å². The molecule has 0 N–H and O–H groups in total. The van der Waals surface area contributed by atoms with E-state index in [1.165, 1.54) is 6.92 Å². The lowest BCUT2D eigenvalue weighted by Gasteiger charge is -2.31. The molecule has 150 valence electrons. The molecule has 0 bridgehead atoms. The number of benzene rings is 1. The molecule has 0 spiro atoms. The van der Waals surface area contributed by atoms with E-state index in [0.717, 1.165) is 23.0 Å². The van der Waals surface area contributed by atoms with Crippen molar-refractivity contribution in [3.63, 3.8) is 0 Å². The molecule has 7 heteroatoms. The number of carbonyl (C=O) groups is 2. The van der Waals surface area contributed by atoms with Gasteiger partial charge < -0.3 is 23.8 Å². The number of hydrogen-bond acceptors (Lipinski definition) is 4. The largest absolute Gasteiger partial charge is 0.348 e. The van der Waals surface area contributed by atoms with Gasteiger partial charge in [-0.25, -0.2) is 0 Å². The van der Waals surface area contributed by atoms with E-state index in [0.29, 0.717) is 39.3 Å². The van der Waals surface area contributed by atoms with Gasteiger partial charge in [-0.1, -0.05) is 18.2 Å². The summed E-state index contributed by atoms with van der Waals surface area (Å²) in [5, 5.41) is 1.15. The number of carbonyl (C=O) groups excluding carboxylic acids is 2. The third kappa shape index (κ3) is 3.64. The zero-order chi connectivity index (χ0) is 19.7. The van der Waals surface area contributed by atoms with Crippen LogP contribution in [0.15, 0.2) is 30.3 Å². The van der Waals surface area contributed by atoms with Crippen LogP contribution in [0.4, 0.5) is 0 Å². The van der Waals surface area contributed by atoms with Crippen LogP contribution >= 0.6 is 0 Å². The first-order chi connectivity index (χ1) is 13.5. The van der Waals surface area contributed by atoms with Crippen molar-refractivity contribution in [3.8, 4) is 0 Å². The minimum Gasteiger partial charge on any atom is -0.348 e. The van der Waals surface area contributed by atoms with Crippen molar-refractivity contribution in [3.05, 3.63) is 36.0 Å². The van der Waals surface area contributed by atoms with Gasteiger partial charge in [-0.05, 0) is 30.4 Å². The van der Waals surface area contributed by atoms with Crippen molar-refractivity contribution in [2.24, 2.45) is 7.05 Å². The molecule has 4 rings (SSSR count). The Kier molecular flexibility index (Phi) is 5.37. The van der Waals surface area contributed by atoms with Crippen molar-refractivity contribution in [1.82, 2.24) is 14.4 Å². The van der Waals surface area contributed by atoms with Crippen molar-refractivity contribution in [2.75, 3.05) is 26.3 Å². The van der Waals surface area contributed by atoms with Gasteiger partial charge in [-0.2, -0.15) is 0 Å². The number of likely N-dealkylation sites (tertiary alicyclic amines) is 1. The Labute approximate surface area is 164 Å². The maximum atomic E-state index is 13.4. The van der Waals surface area contributed by atoms with E-state index in [1.54, 1.807) is 9.80 Å². The van der Waals surface area contributed by atoms with Crippen LogP contribution < -0.4 is 0 Å². The number of ether oxygens (including phenoxy) is 2. The molecular formula is C21H27N3O4. The average molecular weight is 385 g/mol. The summed E-state index contributed by atoms with van der Waals surface area (Å²) in [5.41, 5.74) is 2.17. The Morgan fingerprint density at radius 2 is 1.96 bits per heavy atom. The van der Waals surface area contributed by atoms with E-state index in [2.05, 4.69) is 22.8 Å². The number of amides is 2. The first-order valence-electron chi connectivity index (χ1n) is 9.87. The van der Waals surface area contributed by atoms with Gasteiger partial charge in [-0.3, -0.25) is 9.59 Å². The predicted molar refractivity (Wildman–Crippen MR) is 104 cm³/mol. The Hall–Kier alpha value is -2.38. The zero-order valence-corrected chi connectivity index (χ0v) is 16.5. The van der Waals surface area contributed by atoms with Gasteiger partial charge in [0, 0.05) is 31.7 Å². The Balaban J connectivity index is 1.60. The van der Waals surface area contributed by atoms with Crippen molar-refractivity contribution < 1.29 is 19.1 Å². The lowest BCUT2D eigenvalue weighted by Crippen LogP contribution is -2.49. The van der Waals surface area contributed by atoms with Crippen LogP contribution in [-0.2, 0) is 32.7 Å². The summed E-state index contributed by atoms with van der Waals surface area (Å²) < 4.78 is 13.3. The molecule has 2 fully saturated rings. The lowest BCUT2D eigenvalue weighted by molar-refractivity contribution is -0.147. The summed E-state index contributed by atoms with van der Waals surface area (Å²) >= 11 is 0. The third-order valence-corrected chi connectivity index (χ3v) is 5.72. The van der Waals surface area contributed by atoms with Crippen LogP contribution in [0.3, 0.4) is 0 Å². The highest BCUT2D eigenvalue weighted by Gasteiger charge is 2.36. The van der Waals surface area contributed by atoms with Crippen LogP contribution in [0.5, 0.6) is 0 Å². The fourth-order valence-corrected chi connectivity index (χ4v) is 4.23. The predicted octanol–water partition coefficient (Wildman–Crippen LogP) is 1.89. The first kappa shape index (κ1) is 19.0. The monoisotopic (exact) mass is 385 g/mol. The van der Waals surface area contributed by atoms with E-state index < -0.39 is 12.3 Å². The van der Waals surface area contributed by atoms with Crippen LogP contribution in [0.2, 0.25) is 0 Å². The normalized spacial score (nSPS) is 20.2. The molecule has 3 heterocycles. The quantitative estimate of drug-likeness (QED) is 0.789. The number of aromatic nitrogens is 1. The summed E-state index contributed by atoms with van der Waals surface area (Å²) in [6.07, 6.45) is 1.15. The van der Waals surface area contributed by atoms with Gasteiger partial charge in [0.1, 0.15) is 6.04 Å². The number of aryl methyl sites for hydroxylation is 1. The fourth-order valence-electron chi connectivity index (χ4n) is 4.23. The highest BCUT2D eigenvalue weighted by molar-refractivity contribution is 5.88. The molecule has 0 unspecified atom stereocenters. The molecule has 2 amide bonds. The van der Waals surface area contributed by atoms with E-state index in [-0.39, 0.29) is 11.8 Å². The molecule has 2 saturated heterocycles. The second-order valence-electron chi connectivity index (χ2n) is 7.51. The molecule has 0 saturated carbocycles. The molecule has 1 atom stereocenters. The standard InChI is InChI=1S/C21H27N3O4/c1-15(25)24-9-5-8-19(24)21(26)23(14-20-27-10-11-28-20)13-17-12-16-6-3-4-7-18(16)22(17)2/h3-4,6-7,12,19-20H,5,8-11,13-14H2,1-2H3/t19-/m1/s1. The van der Waals surface area contributed by atoms with Gasteiger partial charge in [0.15, 0.2) is 6.29 Å². The number of rotatable bonds is 5. The topological polar surface area (TPSA) is 64.0 Å². The Morgan fingerprint density at radius 3 is 2.68 bits per heavy atom. The van der Waals surface area contributed by atoms with Crippen LogP contribution in [-0.4, -0.2) is 64.8 Å². The maximum absolute atomic E-state index is 13.4. The van der Waals surface area contributed by atoms with Gasteiger partial charge in [0.25, 0.3) is 0 Å². The summed E-state index contributed by atoms with van der Waals surface area (Å²) in [6.45, 7) is 4.08. The Bertz CT molecular complexity index is 872. The highest BCUT2D eigenvalue weighted by Crippen LogP contribution is 2.24. The zero-order valence-electron chi connectivity index (χ0n) is 16.5. The van der Waals surface area contributed by atoms with Crippen LogP contribution in [0.25, 0.3) is 10.9 Å². The number of hydrogen-bond donors (Lipinski definition) is 0. The van der Waals surface area contributed by atoms with E-state index in [9.17, 15) is 9.59 Å². The molecule has 0 radical (unpaired) electrons. The number of fused-ring (bicyclic) bond motifs is 1. The van der Waals surface area contributed by atoms with E-state index in [4.69, 9.17) is 9.47 Å². The van der Waals surface area contributed by atoms with Gasteiger partial charge in [0.05, 0.1) is 26.3 Å². The van der Waals surface area contributed by atoms with Crippen molar-refractivity contribution in [1.29, 1.82) is 0 Å². The molecule has 1 aromatic heterocycles. The second-order valence-corrected chi connectivity index (χ2v) is 7.51. The van der Waals surface area contributed by atoms with Crippen LogP contribution in [0.1, 0.15) is 25.5 Å². The van der Waals surface area contributed by atoms with E-state index in [1.807, 2.05) is 19.2 Å². The fraction of sp³-hybridized carbons (Fsp3) is 0.524. The summed E-state index contributed by atoms with van der Waals surface area (Å²) in [6, 6.07) is 9.89. The number of para-hydroxylation sites is 1. The molecule has 0 aliphatic carbocycles. The molecule has 2 aliphatic heterocycles. The highest BCUT2D eigenvalue weighted by atomic mass is 16.7. The van der Waals surface area contributed by atoms with Gasteiger partial charge in [-0.15, -0.1) is 0 Å². The van der Waals surface area contributed by atoms with Crippen LogP contribution in [0, 0.1) is 0 Å². The molecule has 2 aromatic rings. The summed E-state index contributed by atoms with van der Waals surface area (Å²) in [7, 11) is 2.01. The smallest absolute Gasteiger partial charge is 0.245 e. The third-order valence-electron chi connectivity index (χ3n) is 5.72. The molecule has 1 aromatic carbocycles. The van der Waals surface area contributed by atoms with Gasteiger partial charge >= 0.3 is 0 Å². The SMILES string of the molecule is CC(=O)N1CCC[C@@H]1C(=O)N(Cc1cc2ccccc2n1C)CC1OCCO1. The molecule has 7 nitrogen and oxygen atoms in total. The van der Waals surface area contributed by atoms with Crippen molar-refractivity contribution in [2.45, 2.75) is 38.6 Å². The summed E-state index contributed by atoms with van der Waals surface area (Å²) in [4.78, 5) is 28.8. The molecule has 28 heavy (non-hydrogen) atoms. The van der Waals surface area contributed by atoms with E-state index >= 15 is 0 Å². The molecular weight excluding hydrogens is 358 g/mol. The maximum Gasteiger partial charge on any atom is 0.245 e. The molecule has 2 aliphatic rings.